The zero-order valence-corrected chi connectivity index (χ0v) is 10.6. The minimum atomic E-state index is -0.625. The molecule has 82 valence electrons. The summed E-state index contributed by atoms with van der Waals surface area (Å²) in [5.74, 6) is 0.923. The maximum absolute atomic E-state index is 5.17. The van der Waals surface area contributed by atoms with Gasteiger partial charge in [-0.2, -0.15) is 0 Å². The average Bonchev–Trinajstić information content (AvgIpc) is 2.39. The SMILES string of the molecule is COc1ccc([PH+](C)c2ccccc2)cc1. The molecule has 0 fully saturated rings. The monoisotopic (exact) mass is 231 g/mol. The molecular formula is C14H16OP+. The van der Waals surface area contributed by atoms with Gasteiger partial charge in [0.15, 0.2) is 0 Å². The second-order valence-electron chi connectivity index (χ2n) is 3.72. The van der Waals surface area contributed by atoms with Crippen LogP contribution >= 0.6 is 7.92 Å². The summed E-state index contributed by atoms with van der Waals surface area (Å²) in [5.41, 5.74) is 0. The number of methoxy groups -OCH3 is 1. The lowest BCUT2D eigenvalue weighted by Crippen LogP contribution is -2.09. The molecule has 0 heterocycles. The number of benzene rings is 2. The van der Waals surface area contributed by atoms with Gasteiger partial charge in [-0.15, -0.1) is 0 Å². The molecule has 0 aliphatic carbocycles. The molecule has 2 aromatic carbocycles. The minimum absolute atomic E-state index is 0.625. The largest absolute Gasteiger partial charge is 0.497 e. The maximum atomic E-state index is 5.17. The van der Waals surface area contributed by atoms with Gasteiger partial charge >= 0.3 is 0 Å². The van der Waals surface area contributed by atoms with Crippen LogP contribution in [0.15, 0.2) is 54.6 Å². The smallest absolute Gasteiger partial charge is 0.119 e. The van der Waals surface area contributed by atoms with E-state index in [1.807, 2.05) is 12.1 Å². The van der Waals surface area contributed by atoms with E-state index in [1.165, 1.54) is 10.6 Å². The molecule has 1 atom stereocenters. The molecule has 0 bridgehead atoms. The predicted octanol–water partition coefficient (Wildman–Crippen LogP) is 2.49. The van der Waals surface area contributed by atoms with Crippen LogP contribution in [0.3, 0.4) is 0 Å². The van der Waals surface area contributed by atoms with Crippen LogP contribution in [0.5, 0.6) is 5.75 Å². The fraction of sp³-hybridized carbons (Fsp3) is 0.143. The highest BCUT2D eigenvalue weighted by Gasteiger charge is 2.15. The number of rotatable bonds is 3. The second kappa shape index (κ2) is 5.14. The molecule has 1 nitrogen and oxygen atoms in total. The van der Waals surface area contributed by atoms with E-state index in [-0.39, 0.29) is 0 Å². The first-order chi connectivity index (χ1) is 7.81. The van der Waals surface area contributed by atoms with E-state index in [1.54, 1.807) is 7.11 Å². The Labute approximate surface area is 97.8 Å². The van der Waals surface area contributed by atoms with Crippen LogP contribution in [0.2, 0.25) is 0 Å². The van der Waals surface area contributed by atoms with Gasteiger partial charge in [0.1, 0.15) is 5.75 Å². The third-order valence-electron chi connectivity index (χ3n) is 2.73. The fourth-order valence-electron chi connectivity index (χ4n) is 1.70. The van der Waals surface area contributed by atoms with E-state index in [9.17, 15) is 0 Å². The molecule has 0 aromatic heterocycles. The van der Waals surface area contributed by atoms with Crippen molar-refractivity contribution in [3.63, 3.8) is 0 Å². The second-order valence-corrected chi connectivity index (χ2v) is 6.12. The Balaban J connectivity index is 2.24. The van der Waals surface area contributed by atoms with Gasteiger partial charge in [0.2, 0.25) is 0 Å². The van der Waals surface area contributed by atoms with E-state index >= 15 is 0 Å². The van der Waals surface area contributed by atoms with E-state index in [0.29, 0.717) is 0 Å². The van der Waals surface area contributed by atoms with Crippen molar-refractivity contribution in [3.8, 4) is 5.75 Å². The summed E-state index contributed by atoms with van der Waals surface area (Å²) in [6.07, 6.45) is 0. The zero-order valence-electron chi connectivity index (χ0n) is 9.60. The van der Waals surface area contributed by atoms with E-state index < -0.39 is 7.92 Å². The number of ether oxygens (including phenoxy) is 1. The van der Waals surface area contributed by atoms with Crippen LogP contribution in [-0.4, -0.2) is 13.8 Å². The standard InChI is InChI=1S/C14H15OP/c1-15-12-8-10-14(11-9-12)16(2)13-6-4-3-5-7-13/h3-11H,1-2H3/p+1. The number of hydrogen-bond acceptors (Lipinski definition) is 1. The minimum Gasteiger partial charge on any atom is -0.497 e. The summed E-state index contributed by atoms with van der Waals surface area (Å²) >= 11 is 0. The zero-order chi connectivity index (χ0) is 11.4. The van der Waals surface area contributed by atoms with E-state index in [0.717, 1.165) is 5.75 Å². The normalized spacial score (nSPS) is 12.1. The Hall–Kier alpha value is -1.33. The van der Waals surface area contributed by atoms with Crippen molar-refractivity contribution in [3.05, 3.63) is 54.6 Å². The molecule has 0 saturated carbocycles. The van der Waals surface area contributed by atoms with Crippen molar-refractivity contribution in [2.75, 3.05) is 13.8 Å². The molecule has 1 unspecified atom stereocenters. The van der Waals surface area contributed by atoms with Crippen LogP contribution in [0.25, 0.3) is 0 Å². The molecule has 0 N–H and O–H groups in total. The van der Waals surface area contributed by atoms with Crippen molar-refractivity contribution >= 4 is 18.5 Å². The van der Waals surface area contributed by atoms with Crippen LogP contribution in [0, 0.1) is 0 Å². The van der Waals surface area contributed by atoms with Crippen molar-refractivity contribution in [1.82, 2.24) is 0 Å². The van der Waals surface area contributed by atoms with Gasteiger partial charge < -0.3 is 4.74 Å². The van der Waals surface area contributed by atoms with Crippen LogP contribution < -0.4 is 15.3 Å². The van der Waals surface area contributed by atoms with Gasteiger partial charge in [-0.05, 0) is 36.4 Å². The number of hydrogen-bond donors (Lipinski definition) is 0. The van der Waals surface area contributed by atoms with Crippen molar-refractivity contribution < 1.29 is 4.74 Å². The molecule has 0 aliphatic rings. The van der Waals surface area contributed by atoms with Gasteiger partial charge in [-0.25, -0.2) is 0 Å². The summed E-state index contributed by atoms with van der Waals surface area (Å²) in [6.45, 7) is 2.32. The van der Waals surface area contributed by atoms with Gasteiger partial charge in [0, 0.05) is 0 Å². The summed E-state index contributed by atoms with van der Waals surface area (Å²) < 4.78 is 5.17. The molecule has 0 radical (unpaired) electrons. The molecule has 0 aliphatic heterocycles. The van der Waals surface area contributed by atoms with Crippen molar-refractivity contribution in [2.45, 2.75) is 0 Å². The highest BCUT2D eigenvalue weighted by atomic mass is 31.1. The van der Waals surface area contributed by atoms with E-state index in [4.69, 9.17) is 4.74 Å². The Morgan fingerprint density at radius 3 is 1.94 bits per heavy atom. The van der Waals surface area contributed by atoms with Crippen LogP contribution in [-0.2, 0) is 0 Å². The fourth-order valence-corrected chi connectivity index (χ4v) is 3.39. The molecule has 0 spiro atoms. The van der Waals surface area contributed by atoms with Crippen molar-refractivity contribution in [2.24, 2.45) is 0 Å². The van der Waals surface area contributed by atoms with Gasteiger partial charge in [-0.1, -0.05) is 18.2 Å². The van der Waals surface area contributed by atoms with E-state index in [2.05, 4.69) is 49.1 Å². The van der Waals surface area contributed by atoms with Gasteiger partial charge in [-0.3, -0.25) is 0 Å². The summed E-state index contributed by atoms with van der Waals surface area (Å²) in [5, 5.41) is 2.86. The first kappa shape index (κ1) is 11.2. The molecule has 0 amide bonds. The lowest BCUT2D eigenvalue weighted by Gasteiger charge is -2.05. The summed E-state index contributed by atoms with van der Waals surface area (Å²) in [7, 11) is 1.07. The summed E-state index contributed by atoms with van der Waals surface area (Å²) in [4.78, 5) is 0. The third kappa shape index (κ3) is 2.43. The van der Waals surface area contributed by atoms with Crippen LogP contribution in [0.1, 0.15) is 0 Å². The molecular weight excluding hydrogens is 215 g/mol. The first-order valence-corrected chi connectivity index (χ1v) is 7.34. The Morgan fingerprint density at radius 1 is 0.812 bits per heavy atom. The molecule has 2 aromatic rings. The quantitative estimate of drug-likeness (QED) is 0.737. The van der Waals surface area contributed by atoms with Gasteiger partial charge in [0.25, 0.3) is 0 Å². The molecule has 2 heteroatoms. The Kier molecular flexibility index (Phi) is 3.58. The highest BCUT2D eigenvalue weighted by Crippen LogP contribution is 2.28. The maximum Gasteiger partial charge on any atom is 0.119 e. The molecule has 2 rings (SSSR count). The topological polar surface area (TPSA) is 9.23 Å². The predicted molar refractivity (Wildman–Crippen MR) is 72.9 cm³/mol. The first-order valence-electron chi connectivity index (χ1n) is 5.34. The average molecular weight is 231 g/mol. The van der Waals surface area contributed by atoms with Gasteiger partial charge in [0.05, 0.1) is 32.3 Å². The Morgan fingerprint density at radius 2 is 1.38 bits per heavy atom. The lowest BCUT2D eigenvalue weighted by atomic mass is 10.3. The lowest BCUT2D eigenvalue weighted by molar-refractivity contribution is 0.415. The highest BCUT2D eigenvalue weighted by molar-refractivity contribution is 7.72. The van der Waals surface area contributed by atoms with Crippen LogP contribution in [0.4, 0.5) is 0 Å². The summed E-state index contributed by atoms with van der Waals surface area (Å²) in [6, 6.07) is 19.1. The third-order valence-corrected chi connectivity index (χ3v) is 5.13. The molecule has 16 heavy (non-hydrogen) atoms. The molecule has 0 saturated heterocycles. The Bertz CT molecular complexity index is 436. The van der Waals surface area contributed by atoms with Crippen molar-refractivity contribution in [1.29, 1.82) is 0 Å².